The Kier molecular flexibility index (Phi) is 8.30. The molecule has 30 heavy (non-hydrogen) atoms. The standard InChI is InChI=1S/C22H36N6O2/c1-16-3-5-19(6-4-16)30-21-13-17(7-10-25-21)14-26-22(24-2)27-18-8-11-28(12-9-18)15-20(23)29/h7,10,13,16,18-19H,3-6,8-9,11-12,14-15H2,1-2H3,(H2,23,29)(H2,24,26,27). The van der Waals surface area contributed by atoms with Crippen molar-refractivity contribution < 1.29 is 9.53 Å². The van der Waals surface area contributed by atoms with Gasteiger partial charge in [0.15, 0.2) is 5.96 Å². The van der Waals surface area contributed by atoms with Gasteiger partial charge >= 0.3 is 0 Å². The van der Waals surface area contributed by atoms with Gasteiger partial charge in [0.05, 0.1) is 6.54 Å². The fourth-order valence-electron chi connectivity index (χ4n) is 4.17. The van der Waals surface area contributed by atoms with Crippen LogP contribution in [-0.2, 0) is 11.3 Å². The number of hydrogen-bond acceptors (Lipinski definition) is 5. The minimum atomic E-state index is -0.266. The zero-order chi connectivity index (χ0) is 21.3. The van der Waals surface area contributed by atoms with E-state index in [4.69, 9.17) is 10.5 Å². The van der Waals surface area contributed by atoms with Crippen molar-refractivity contribution in [2.75, 3.05) is 26.7 Å². The number of hydrogen-bond donors (Lipinski definition) is 3. The molecule has 1 aromatic heterocycles. The smallest absolute Gasteiger partial charge is 0.231 e. The summed E-state index contributed by atoms with van der Waals surface area (Å²) in [6.07, 6.45) is 8.70. The molecule has 1 amide bonds. The summed E-state index contributed by atoms with van der Waals surface area (Å²) in [7, 11) is 1.78. The van der Waals surface area contributed by atoms with E-state index in [9.17, 15) is 4.79 Å². The van der Waals surface area contributed by atoms with Crippen molar-refractivity contribution in [1.82, 2.24) is 20.5 Å². The molecule has 8 nitrogen and oxygen atoms in total. The van der Waals surface area contributed by atoms with Crippen LogP contribution in [0.15, 0.2) is 23.3 Å². The molecule has 1 aliphatic carbocycles. The first-order chi connectivity index (χ1) is 14.5. The lowest BCUT2D eigenvalue weighted by Crippen LogP contribution is -2.49. The minimum absolute atomic E-state index is 0.266. The minimum Gasteiger partial charge on any atom is -0.474 e. The third kappa shape index (κ3) is 7.16. The molecule has 0 unspecified atom stereocenters. The molecule has 166 valence electrons. The van der Waals surface area contributed by atoms with Crippen LogP contribution in [0.5, 0.6) is 5.88 Å². The summed E-state index contributed by atoms with van der Waals surface area (Å²) in [6.45, 7) is 5.03. The number of guanidine groups is 1. The van der Waals surface area contributed by atoms with E-state index in [-0.39, 0.29) is 12.0 Å². The monoisotopic (exact) mass is 416 g/mol. The van der Waals surface area contributed by atoms with E-state index in [2.05, 4.69) is 32.4 Å². The summed E-state index contributed by atoms with van der Waals surface area (Å²) < 4.78 is 6.11. The van der Waals surface area contributed by atoms with E-state index in [1.165, 1.54) is 12.8 Å². The van der Waals surface area contributed by atoms with Gasteiger partial charge in [0.2, 0.25) is 11.8 Å². The van der Waals surface area contributed by atoms with Crippen molar-refractivity contribution >= 4 is 11.9 Å². The van der Waals surface area contributed by atoms with Gasteiger partial charge in [-0.15, -0.1) is 0 Å². The number of nitrogens with two attached hydrogens (primary N) is 1. The third-order valence-corrected chi connectivity index (χ3v) is 6.04. The maximum Gasteiger partial charge on any atom is 0.231 e. The highest BCUT2D eigenvalue weighted by Gasteiger charge is 2.21. The van der Waals surface area contributed by atoms with E-state index in [1.807, 2.05) is 18.3 Å². The number of piperidine rings is 1. The normalized spacial score (nSPS) is 23.7. The van der Waals surface area contributed by atoms with Gasteiger partial charge in [0.25, 0.3) is 0 Å². The Balaban J connectivity index is 1.43. The van der Waals surface area contributed by atoms with Crippen LogP contribution in [0.25, 0.3) is 0 Å². The number of aromatic nitrogens is 1. The van der Waals surface area contributed by atoms with Crippen molar-refractivity contribution in [3.63, 3.8) is 0 Å². The Bertz CT molecular complexity index is 709. The first kappa shape index (κ1) is 22.3. The number of aliphatic imine (C=N–C) groups is 1. The first-order valence-corrected chi connectivity index (χ1v) is 11.1. The van der Waals surface area contributed by atoms with Gasteiger partial charge in [-0.3, -0.25) is 14.7 Å². The molecule has 0 radical (unpaired) electrons. The Morgan fingerprint density at radius 1 is 1.27 bits per heavy atom. The largest absolute Gasteiger partial charge is 0.474 e. The van der Waals surface area contributed by atoms with Gasteiger partial charge in [-0.25, -0.2) is 4.98 Å². The SMILES string of the molecule is CN=C(NCc1ccnc(OC2CCC(C)CC2)c1)NC1CCN(CC(N)=O)CC1. The molecule has 3 rings (SSSR count). The third-order valence-electron chi connectivity index (χ3n) is 6.04. The van der Waals surface area contributed by atoms with Crippen LogP contribution in [0.2, 0.25) is 0 Å². The van der Waals surface area contributed by atoms with Crippen LogP contribution < -0.4 is 21.1 Å². The Hall–Kier alpha value is -2.35. The van der Waals surface area contributed by atoms with Crippen molar-refractivity contribution in [2.45, 2.75) is 64.1 Å². The van der Waals surface area contributed by atoms with Crippen molar-refractivity contribution in [1.29, 1.82) is 0 Å². The molecule has 0 atom stereocenters. The maximum absolute atomic E-state index is 11.1. The predicted molar refractivity (Wildman–Crippen MR) is 118 cm³/mol. The average Bonchev–Trinajstić information content (AvgIpc) is 2.74. The lowest BCUT2D eigenvalue weighted by Gasteiger charge is -2.32. The molecule has 0 aromatic carbocycles. The van der Waals surface area contributed by atoms with E-state index < -0.39 is 0 Å². The number of nitrogens with zero attached hydrogens (tertiary/aromatic N) is 3. The average molecular weight is 417 g/mol. The molecule has 0 spiro atoms. The maximum atomic E-state index is 11.1. The zero-order valence-electron chi connectivity index (χ0n) is 18.3. The van der Waals surface area contributed by atoms with Crippen LogP contribution in [0.1, 0.15) is 51.0 Å². The quantitative estimate of drug-likeness (QED) is 0.461. The number of carbonyl (C=O) groups excluding carboxylic acids is 1. The predicted octanol–water partition coefficient (Wildman–Crippen LogP) is 1.65. The summed E-state index contributed by atoms with van der Waals surface area (Å²) in [5.41, 5.74) is 6.40. The molecular weight excluding hydrogens is 380 g/mol. The van der Waals surface area contributed by atoms with Gasteiger partial charge in [-0.1, -0.05) is 6.92 Å². The molecule has 1 aliphatic heterocycles. The molecule has 8 heteroatoms. The highest BCUT2D eigenvalue weighted by atomic mass is 16.5. The Labute approximate surface area is 179 Å². The molecular formula is C22H36N6O2. The molecule has 4 N–H and O–H groups in total. The van der Waals surface area contributed by atoms with Crippen LogP contribution in [0.4, 0.5) is 0 Å². The van der Waals surface area contributed by atoms with E-state index in [0.717, 1.165) is 56.2 Å². The number of carbonyl (C=O) groups is 1. The van der Waals surface area contributed by atoms with E-state index >= 15 is 0 Å². The number of nitrogens with one attached hydrogen (secondary N) is 2. The van der Waals surface area contributed by atoms with Gasteiger partial charge in [0, 0.05) is 45.0 Å². The lowest BCUT2D eigenvalue weighted by atomic mass is 9.89. The van der Waals surface area contributed by atoms with Crippen molar-refractivity contribution in [3.05, 3.63) is 23.9 Å². The summed E-state index contributed by atoms with van der Waals surface area (Å²) in [6, 6.07) is 4.35. The fourth-order valence-corrected chi connectivity index (χ4v) is 4.17. The molecule has 2 heterocycles. The summed E-state index contributed by atoms with van der Waals surface area (Å²) in [5, 5.41) is 6.86. The second kappa shape index (κ2) is 11.2. The van der Waals surface area contributed by atoms with Gasteiger partial charge < -0.3 is 21.1 Å². The number of rotatable bonds is 7. The first-order valence-electron chi connectivity index (χ1n) is 11.1. The van der Waals surface area contributed by atoms with E-state index in [1.54, 1.807) is 7.05 Å². The number of ether oxygens (including phenoxy) is 1. The molecule has 1 aromatic rings. The van der Waals surface area contributed by atoms with Crippen LogP contribution in [0.3, 0.4) is 0 Å². The molecule has 1 saturated heterocycles. The molecule has 1 saturated carbocycles. The number of primary amides is 1. The second-order valence-electron chi connectivity index (χ2n) is 8.59. The second-order valence-corrected chi connectivity index (χ2v) is 8.59. The number of pyridine rings is 1. The topological polar surface area (TPSA) is 105 Å². The van der Waals surface area contributed by atoms with Crippen LogP contribution >= 0.6 is 0 Å². The number of amides is 1. The highest BCUT2D eigenvalue weighted by molar-refractivity contribution is 5.80. The zero-order valence-corrected chi connectivity index (χ0v) is 18.3. The van der Waals surface area contributed by atoms with Crippen molar-refractivity contribution in [3.8, 4) is 5.88 Å². The van der Waals surface area contributed by atoms with E-state index in [0.29, 0.717) is 25.0 Å². The Morgan fingerprint density at radius 3 is 2.67 bits per heavy atom. The summed E-state index contributed by atoms with van der Waals surface area (Å²) >= 11 is 0. The highest BCUT2D eigenvalue weighted by Crippen LogP contribution is 2.26. The van der Waals surface area contributed by atoms with Crippen molar-refractivity contribution in [2.24, 2.45) is 16.6 Å². The Morgan fingerprint density at radius 2 is 2.00 bits per heavy atom. The summed E-state index contributed by atoms with van der Waals surface area (Å²) in [5.74, 6) is 2.03. The molecule has 2 aliphatic rings. The molecule has 2 fully saturated rings. The lowest BCUT2D eigenvalue weighted by molar-refractivity contribution is -0.119. The van der Waals surface area contributed by atoms with Crippen LogP contribution in [-0.4, -0.2) is 60.6 Å². The van der Waals surface area contributed by atoms with Gasteiger partial charge in [0.1, 0.15) is 6.10 Å². The fraction of sp³-hybridized carbons (Fsp3) is 0.682. The summed E-state index contributed by atoms with van der Waals surface area (Å²) in [4.78, 5) is 21.9. The van der Waals surface area contributed by atoms with Gasteiger partial charge in [-0.2, -0.15) is 0 Å². The number of likely N-dealkylation sites (tertiary alicyclic amines) is 1. The van der Waals surface area contributed by atoms with Gasteiger partial charge in [-0.05, 0) is 56.1 Å². The molecule has 0 bridgehead atoms. The van der Waals surface area contributed by atoms with Crippen LogP contribution in [0, 0.1) is 5.92 Å².